The van der Waals surface area contributed by atoms with Crippen LogP contribution in [-0.2, 0) is 10.0 Å². The maximum Gasteiger partial charge on any atom is 0.311 e. The van der Waals surface area contributed by atoms with Crippen LogP contribution < -0.4 is 4.74 Å². The number of aryl methyl sites for hydroxylation is 1. The van der Waals surface area contributed by atoms with Crippen molar-refractivity contribution < 1.29 is 22.5 Å². The fourth-order valence-electron chi connectivity index (χ4n) is 2.71. The van der Waals surface area contributed by atoms with Gasteiger partial charge in [-0.2, -0.15) is 4.31 Å². The van der Waals surface area contributed by atoms with Crippen LogP contribution in [0.25, 0.3) is 0 Å². The second kappa shape index (κ2) is 7.83. The number of hydrogen-bond donors (Lipinski definition) is 0. The molecule has 1 aliphatic heterocycles. The molecule has 1 unspecified atom stereocenters. The Hall–Kier alpha value is -2.17. The number of nitro groups is 1. The van der Waals surface area contributed by atoms with Crippen molar-refractivity contribution in [2.75, 3.05) is 18.9 Å². The van der Waals surface area contributed by atoms with Crippen LogP contribution in [0.15, 0.2) is 47.4 Å². The van der Waals surface area contributed by atoms with Gasteiger partial charge >= 0.3 is 5.69 Å². The lowest BCUT2D eigenvalue weighted by Crippen LogP contribution is -2.38. The molecule has 0 bridgehead atoms. The molecule has 1 heterocycles. The molecular formula is C17H17FN2O5S2. The van der Waals surface area contributed by atoms with Crippen LogP contribution in [0, 0.1) is 22.9 Å². The van der Waals surface area contributed by atoms with Crippen molar-refractivity contribution in [2.24, 2.45) is 0 Å². The Labute approximate surface area is 160 Å². The van der Waals surface area contributed by atoms with Crippen molar-refractivity contribution >= 4 is 27.5 Å². The van der Waals surface area contributed by atoms with Gasteiger partial charge in [-0.25, -0.2) is 12.8 Å². The molecule has 1 fully saturated rings. The highest BCUT2D eigenvalue weighted by Gasteiger charge is 2.36. The van der Waals surface area contributed by atoms with E-state index in [2.05, 4.69) is 0 Å². The first-order valence-corrected chi connectivity index (χ1v) is 10.5. The molecule has 0 N–H and O–H groups in total. The van der Waals surface area contributed by atoms with Crippen LogP contribution in [0.1, 0.15) is 5.56 Å². The van der Waals surface area contributed by atoms with Crippen LogP contribution >= 0.6 is 11.8 Å². The molecule has 0 radical (unpaired) electrons. The number of nitrogens with zero attached hydrogens (tertiary/aromatic N) is 2. The van der Waals surface area contributed by atoms with Gasteiger partial charge < -0.3 is 4.74 Å². The molecular weight excluding hydrogens is 395 g/mol. The summed E-state index contributed by atoms with van der Waals surface area (Å²) in [7, 11) is -3.81. The molecule has 1 saturated heterocycles. The molecule has 2 aromatic rings. The minimum Gasteiger partial charge on any atom is -0.484 e. The average molecular weight is 412 g/mol. The van der Waals surface area contributed by atoms with E-state index in [1.807, 2.05) is 0 Å². The first-order chi connectivity index (χ1) is 12.8. The quantitative estimate of drug-likeness (QED) is 0.535. The molecule has 27 heavy (non-hydrogen) atoms. The molecule has 0 amide bonds. The number of hydrogen-bond acceptors (Lipinski definition) is 6. The molecule has 10 heteroatoms. The number of halogens is 1. The summed E-state index contributed by atoms with van der Waals surface area (Å²) in [6.07, 6.45) is 0. The second-order valence-electron chi connectivity index (χ2n) is 5.93. The minimum absolute atomic E-state index is 0.00211. The molecule has 7 nitrogen and oxygen atoms in total. The van der Waals surface area contributed by atoms with E-state index in [-0.39, 0.29) is 29.5 Å². The first kappa shape index (κ1) is 19.6. The van der Waals surface area contributed by atoms with Crippen LogP contribution in [0.3, 0.4) is 0 Å². The summed E-state index contributed by atoms with van der Waals surface area (Å²) in [5.74, 6) is 0.151. The number of thioether (sulfide) groups is 1. The highest BCUT2D eigenvalue weighted by molar-refractivity contribution is 8.01. The van der Waals surface area contributed by atoms with Crippen LogP contribution in [0.5, 0.6) is 5.75 Å². The summed E-state index contributed by atoms with van der Waals surface area (Å²) in [6.45, 7) is 1.99. The zero-order valence-corrected chi connectivity index (χ0v) is 16.0. The van der Waals surface area contributed by atoms with Gasteiger partial charge in [0.15, 0.2) is 5.75 Å². The predicted octanol–water partition coefficient (Wildman–Crippen LogP) is 3.18. The average Bonchev–Trinajstić information content (AvgIpc) is 3.10. The van der Waals surface area contributed by atoms with Gasteiger partial charge in [-0.05, 0) is 42.8 Å². The maximum atomic E-state index is 13.1. The van der Waals surface area contributed by atoms with Crippen molar-refractivity contribution in [1.82, 2.24) is 4.31 Å². The second-order valence-corrected chi connectivity index (χ2v) is 9.11. The van der Waals surface area contributed by atoms with Gasteiger partial charge in [-0.3, -0.25) is 10.1 Å². The minimum atomic E-state index is -3.81. The smallest absolute Gasteiger partial charge is 0.311 e. The Morgan fingerprint density at radius 2 is 2.00 bits per heavy atom. The maximum absolute atomic E-state index is 13.1. The predicted molar refractivity (Wildman–Crippen MR) is 99.9 cm³/mol. The molecule has 0 aromatic heterocycles. The van der Waals surface area contributed by atoms with E-state index in [1.165, 1.54) is 40.3 Å². The fraction of sp³-hybridized carbons (Fsp3) is 0.294. The molecule has 0 aliphatic carbocycles. The summed E-state index contributed by atoms with van der Waals surface area (Å²) in [4.78, 5) is 10.7. The van der Waals surface area contributed by atoms with Gasteiger partial charge in [-0.15, -0.1) is 11.8 Å². The zero-order chi connectivity index (χ0) is 19.6. The lowest BCUT2D eigenvalue weighted by Gasteiger charge is -2.23. The van der Waals surface area contributed by atoms with Gasteiger partial charge in [0, 0.05) is 18.4 Å². The van der Waals surface area contributed by atoms with Crippen molar-refractivity contribution in [2.45, 2.75) is 17.2 Å². The van der Waals surface area contributed by atoms with Crippen molar-refractivity contribution in [1.29, 1.82) is 0 Å². The Balaban J connectivity index is 1.78. The van der Waals surface area contributed by atoms with Crippen molar-refractivity contribution in [3.8, 4) is 5.75 Å². The summed E-state index contributed by atoms with van der Waals surface area (Å²) in [5.41, 5.74) is 0.566. The lowest BCUT2D eigenvalue weighted by molar-refractivity contribution is -0.385. The van der Waals surface area contributed by atoms with Gasteiger partial charge in [0.05, 0.1) is 9.82 Å². The summed E-state index contributed by atoms with van der Waals surface area (Å²) in [6, 6.07) is 9.23. The van der Waals surface area contributed by atoms with Gasteiger partial charge in [0.2, 0.25) is 10.0 Å². The summed E-state index contributed by atoms with van der Waals surface area (Å²) in [5, 5.41) is 10.7. The molecule has 0 spiro atoms. The fourth-order valence-corrected chi connectivity index (χ4v) is 5.81. The van der Waals surface area contributed by atoms with E-state index in [0.29, 0.717) is 5.75 Å². The monoisotopic (exact) mass is 412 g/mol. The summed E-state index contributed by atoms with van der Waals surface area (Å²) < 4.78 is 45.6. The third-order valence-corrected chi connectivity index (χ3v) is 7.31. The van der Waals surface area contributed by atoms with E-state index < -0.39 is 26.1 Å². The molecule has 1 atom stereocenters. The number of rotatable bonds is 6. The largest absolute Gasteiger partial charge is 0.484 e. The molecule has 3 rings (SSSR count). The SMILES string of the molecule is Cc1ccc(OCC2SCCN2S(=O)(=O)c2ccc(F)cc2)c([N+](=O)[O-])c1. The molecule has 2 aromatic carbocycles. The third kappa shape index (κ3) is 4.23. The van der Waals surface area contributed by atoms with Gasteiger partial charge in [0.25, 0.3) is 0 Å². The van der Waals surface area contributed by atoms with E-state index in [9.17, 15) is 22.9 Å². The Morgan fingerprint density at radius 1 is 1.30 bits per heavy atom. The molecule has 144 valence electrons. The Kier molecular flexibility index (Phi) is 5.68. The van der Waals surface area contributed by atoms with E-state index in [1.54, 1.807) is 13.0 Å². The van der Waals surface area contributed by atoms with Crippen molar-refractivity contribution in [3.05, 3.63) is 64.0 Å². The Bertz CT molecular complexity index is 950. The first-order valence-electron chi connectivity index (χ1n) is 8.06. The van der Waals surface area contributed by atoms with Gasteiger partial charge in [-0.1, -0.05) is 6.07 Å². The van der Waals surface area contributed by atoms with Crippen LogP contribution in [0.2, 0.25) is 0 Å². The van der Waals surface area contributed by atoms with E-state index in [0.717, 1.165) is 17.7 Å². The standard InChI is InChI=1S/C17H17FN2O5S2/c1-12-2-7-16(15(10-12)20(21)22)25-11-17-19(8-9-26-17)27(23,24)14-5-3-13(18)4-6-14/h2-7,10,17H,8-9,11H2,1H3. The Morgan fingerprint density at radius 3 is 2.67 bits per heavy atom. The third-order valence-electron chi connectivity index (χ3n) is 4.06. The highest BCUT2D eigenvalue weighted by Crippen LogP contribution is 2.33. The van der Waals surface area contributed by atoms with Crippen LogP contribution in [-0.4, -0.2) is 41.9 Å². The number of nitro benzene ring substituents is 1. The number of sulfonamides is 1. The van der Waals surface area contributed by atoms with Crippen molar-refractivity contribution in [3.63, 3.8) is 0 Å². The lowest BCUT2D eigenvalue weighted by atomic mass is 10.2. The highest BCUT2D eigenvalue weighted by atomic mass is 32.2. The van der Waals surface area contributed by atoms with E-state index >= 15 is 0 Å². The number of ether oxygens (including phenoxy) is 1. The molecule has 1 aliphatic rings. The topological polar surface area (TPSA) is 89.8 Å². The zero-order valence-electron chi connectivity index (χ0n) is 14.4. The number of benzene rings is 2. The van der Waals surface area contributed by atoms with Gasteiger partial charge in [0.1, 0.15) is 17.8 Å². The summed E-state index contributed by atoms with van der Waals surface area (Å²) >= 11 is 1.39. The van der Waals surface area contributed by atoms with E-state index in [4.69, 9.17) is 4.74 Å². The normalized spacial score (nSPS) is 17.8. The van der Waals surface area contributed by atoms with Crippen LogP contribution in [0.4, 0.5) is 10.1 Å². The molecule has 0 saturated carbocycles.